The number of benzene rings is 2. The van der Waals surface area contributed by atoms with Crippen LogP contribution < -0.4 is 11.3 Å². The van der Waals surface area contributed by atoms with Crippen LogP contribution in [0.25, 0.3) is 0 Å². The maximum atomic E-state index is 13.7. The molecule has 0 fully saturated rings. The van der Waals surface area contributed by atoms with Crippen molar-refractivity contribution in [2.45, 2.75) is 18.9 Å². The molecule has 0 saturated carbocycles. The molecule has 1 atom stereocenters. The molecule has 0 saturated heterocycles. The van der Waals surface area contributed by atoms with Crippen molar-refractivity contribution in [3.8, 4) is 0 Å². The van der Waals surface area contributed by atoms with Gasteiger partial charge in [-0.25, -0.2) is 13.2 Å². The number of nitrogens with one attached hydrogen (secondary N) is 1. The Labute approximate surface area is 129 Å². The van der Waals surface area contributed by atoms with Crippen molar-refractivity contribution >= 4 is 15.9 Å². The molecule has 2 rings (SSSR count). The molecular weight excluding hydrogens is 345 g/mol. The van der Waals surface area contributed by atoms with Crippen LogP contribution >= 0.6 is 15.9 Å². The molecule has 2 aromatic rings. The molecular formula is C15H14BrF3N2. The maximum Gasteiger partial charge on any atom is 0.159 e. The van der Waals surface area contributed by atoms with Crippen LogP contribution in [0.1, 0.15) is 11.1 Å². The third-order valence-electron chi connectivity index (χ3n) is 3.18. The van der Waals surface area contributed by atoms with Crippen LogP contribution in [0.4, 0.5) is 13.2 Å². The monoisotopic (exact) mass is 358 g/mol. The average molecular weight is 359 g/mol. The van der Waals surface area contributed by atoms with E-state index in [-0.39, 0.29) is 11.9 Å². The number of hydrogen-bond donors (Lipinski definition) is 2. The van der Waals surface area contributed by atoms with Gasteiger partial charge in [-0.1, -0.05) is 22.0 Å². The van der Waals surface area contributed by atoms with E-state index in [0.29, 0.717) is 24.0 Å². The fourth-order valence-corrected chi connectivity index (χ4v) is 2.51. The molecule has 0 bridgehead atoms. The zero-order valence-corrected chi connectivity index (χ0v) is 12.6. The average Bonchev–Trinajstić information content (AvgIpc) is 2.46. The van der Waals surface area contributed by atoms with E-state index in [1.54, 1.807) is 12.1 Å². The quantitative estimate of drug-likeness (QED) is 0.634. The highest BCUT2D eigenvalue weighted by Gasteiger charge is 2.13. The highest BCUT2D eigenvalue weighted by atomic mass is 79.9. The van der Waals surface area contributed by atoms with Crippen LogP contribution in [0.5, 0.6) is 0 Å². The molecule has 2 aromatic carbocycles. The third-order valence-corrected chi connectivity index (χ3v) is 3.67. The van der Waals surface area contributed by atoms with E-state index < -0.39 is 11.6 Å². The van der Waals surface area contributed by atoms with Gasteiger partial charge < -0.3 is 0 Å². The van der Waals surface area contributed by atoms with Crippen molar-refractivity contribution in [2.24, 2.45) is 5.84 Å². The van der Waals surface area contributed by atoms with Crippen LogP contribution in [0.3, 0.4) is 0 Å². The highest BCUT2D eigenvalue weighted by Crippen LogP contribution is 2.18. The van der Waals surface area contributed by atoms with Crippen LogP contribution in [-0.4, -0.2) is 6.04 Å². The number of hydrazine groups is 1. The number of nitrogens with two attached hydrogens (primary N) is 1. The second-order valence-corrected chi connectivity index (χ2v) is 5.67. The Bertz CT molecular complexity index is 634. The fraction of sp³-hybridized carbons (Fsp3) is 0.200. The van der Waals surface area contributed by atoms with Crippen LogP contribution in [0.15, 0.2) is 40.9 Å². The lowest BCUT2D eigenvalue weighted by atomic mass is 9.99. The molecule has 0 amide bonds. The van der Waals surface area contributed by atoms with Gasteiger partial charge in [0.2, 0.25) is 0 Å². The van der Waals surface area contributed by atoms with E-state index in [4.69, 9.17) is 5.84 Å². The number of halogens is 4. The lowest BCUT2D eigenvalue weighted by Gasteiger charge is -2.17. The SMILES string of the molecule is NNC(Cc1ccc(F)c(F)c1)Cc1cc(Br)ccc1F. The van der Waals surface area contributed by atoms with Crippen LogP contribution in [0, 0.1) is 17.5 Å². The first-order chi connectivity index (χ1) is 9.99. The molecule has 0 aliphatic heterocycles. The van der Waals surface area contributed by atoms with Gasteiger partial charge in [0.25, 0.3) is 0 Å². The summed E-state index contributed by atoms with van der Waals surface area (Å²) in [6, 6.07) is 8.03. The summed E-state index contributed by atoms with van der Waals surface area (Å²) in [6.45, 7) is 0. The predicted octanol–water partition coefficient (Wildman–Crippen LogP) is 3.48. The summed E-state index contributed by atoms with van der Waals surface area (Å²) in [4.78, 5) is 0. The Balaban J connectivity index is 2.12. The van der Waals surface area contributed by atoms with Gasteiger partial charge in [-0.3, -0.25) is 11.3 Å². The Kier molecular flexibility index (Phi) is 5.39. The molecule has 1 unspecified atom stereocenters. The van der Waals surface area contributed by atoms with Crippen LogP contribution in [0.2, 0.25) is 0 Å². The topological polar surface area (TPSA) is 38.0 Å². The zero-order valence-electron chi connectivity index (χ0n) is 11.0. The Morgan fingerprint density at radius 3 is 2.33 bits per heavy atom. The smallest absolute Gasteiger partial charge is 0.159 e. The molecule has 112 valence electrons. The normalized spacial score (nSPS) is 12.4. The summed E-state index contributed by atoms with van der Waals surface area (Å²) in [5, 5.41) is 0. The summed E-state index contributed by atoms with van der Waals surface area (Å²) < 4.78 is 40.6. The minimum atomic E-state index is -0.906. The second kappa shape index (κ2) is 7.06. The third kappa shape index (κ3) is 4.30. The molecule has 0 aromatic heterocycles. The van der Waals surface area contributed by atoms with Gasteiger partial charge in [-0.05, 0) is 54.3 Å². The first-order valence-electron chi connectivity index (χ1n) is 6.33. The Morgan fingerprint density at radius 1 is 0.952 bits per heavy atom. The molecule has 0 aliphatic rings. The Morgan fingerprint density at radius 2 is 1.67 bits per heavy atom. The molecule has 0 spiro atoms. The van der Waals surface area contributed by atoms with E-state index in [1.165, 1.54) is 12.1 Å². The van der Waals surface area contributed by atoms with Gasteiger partial charge >= 0.3 is 0 Å². The lowest BCUT2D eigenvalue weighted by molar-refractivity contribution is 0.493. The van der Waals surface area contributed by atoms with Gasteiger partial charge in [0, 0.05) is 10.5 Å². The minimum absolute atomic E-state index is 0.293. The predicted molar refractivity (Wildman–Crippen MR) is 79.0 cm³/mol. The van der Waals surface area contributed by atoms with Gasteiger partial charge in [-0.2, -0.15) is 0 Å². The van der Waals surface area contributed by atoms with Gasteiger partial charge in [-0.15, -0.1) is 0 Å². The first kappa shape index (κ1) is 16.0. The highest BCUT2D eigenvalue weighted by molar-refractivity contribution is 9.10. The fourth-order valence-electron chi connectivity index (χ4n) is 2.11. The molecule has 0 radical (unpaired) electrons. The van der Waals surface area contributed by atoms with Crippen molar-refractivity contribution in [1.29, 1.82) is 0 Å². The number of hydrogen-bond acceptors (Lipinski definition) is 2. The van der Waals surface area contributed by atoms with Crippen molar-refractivity contribution < 1.29 is 13.2 Å². The van der Waals surface area contributed by atoms with E-state index in [2.05, 4.69) is 21.4 Å². The number of rotatable bonds is 5. The van der Waals surface area contributed by atoms with Gasteiger partial charge in [0.15, 0.2) is 11.6 Å². The summed E-state index contributed by atoms with van der Waals surface area (Å²) in [7, 11) is 0. The van der Waals surface area contributed by atoms with E-state index in [0.717, 1.165) is 16.6 Å². The van der Waals surface area contributed by atoms with Crippen molar-refractivity contribution in [1.82, 2.24) is 5.43 Å². The molecule has 0 aliphatic carbocycles. The second-order valence-electron chi connectivity index (χ2n) is 4.76. The van der Waals surface area contributed by atoms with Crippen molar-refractivity contribution in [3.63, 3.8) is 0 Å². The summed E-state index contributed by atoms with van der Waals surface area (Å²) in [5.41, 5.74) is 3.67. The molecule has 6 heteroatoms. The Hall–Kier alpha value is -1.37. The molecule has 21 heavy (non-hydrogen) atoms. The lowest BCUT2D eigenvalue weighted by Crippen LogP contribution is -2.38. The van der Waals surface area contributed by atoms with E-state index >= 15 is 0 Å². The largest absolute Gasteiger partial charge is 0.271 e. The molecule has 3 N–H and O–H groups in total. The van der Waals surface area contributed by atoms with Crippen molar-refractivity contribution in [3.05, 3.63) is 69.4 Å². The standard InChI is InChI=1S/C15H14BrF3N2/c16-11-2-4-13(17)10(7-11)8-12(21-20)5-9-1-3-14(18)15(19)6-9/h1-4,6-7,12,21H,5,8,20H2. The molecule has 2 nitrogen and oxygen atoms in total. The molecule has 0 heterocycles. The minimum Gasteiger partial charge on any atom is -0.271 e. The van der Waals surface area contributed by atoms with Crippen molar-refractivity contribution in [2.75, 3.05) is 0 Å². The van der Waals surface area contributed by atoms with Gasteiger partial charge in [0.05, 0.1) is 0 Å². The summed E-state index contributed by atoms with van der Waals surface area (Å²) in [6.07, 6.45) is 0.695. The zero-order chi connectivity index (χ0) is 15.4. The first-order valence-corrected chi connectivity index (χ1v) is 7.13. The van der Waals surface area contributed by atoms with E-state index in [9.17, 15) is 13.2 Å². The summed E-state index contributed by atoms with van der Waals surface area (Å²) >= 11 is 3.28. The van der Waals surface area contributed by atoms with Gasteiger partial charge in [0.1, 0.15) is 5.82 Å². The van der Waals surface area contributed by atoms with Crippen LogP contribution in [-0.2, 0) is 12.8 Å². The maximum absolute atomic E-state index is 13.7. The summed E-state index contributed by atoms with van der Waals surface area (Å²) in [5.74, 6) is 3.34. The van der Waals surface area contributed by atoms with E-state index in [1.807, 2.05) is 0 Å².